The van der Waals surface area contributed by atoms with Gasteiger partial charge in [0, 0.05) is 5.56 Å². The minimum absolute atomic E-state index is 0.467. The molecule has 0 aliphatic heterocycles. The van der Waals surface area contributed by atoms with E-state index in [-0.39, 0.29) is 0 Å². The van der Waals surface area contributed by atoms with E-state index in [4.69, 9.17) is 4.74 Å². The van der Waals surface area contributed by atoms with Crippen molar-refractivity contribution in [1.29, 1.82) is 0 Å². The lowest BCUT2D eigenvalue weighted by atomic mass is 9.89. The average Bonchev–Trinajstić information content (AvgIpc) is 2.82. The molecular formula is C34H60O2. The Morgan fingerprint density at radius 1 is 0.722 bits per heavy atom. The van der Waals surface area contributed by atoms with Crippen molar-refractivity contribution in [3.05, 3.63) is 39.5 Å². The summed E-state index contributed by atoms with van der Waals surface area (Å²) in [4.78, 5) is 0. The van der Waals surface area contributed by atoms with Gasteiger partial charge in [-0.1, -0.05) is 84.3 Å². The molecule has 0 aliphatic carbocycles. The number of rotatable bonds is 18. The molecule has 208 valence electrons. The van der Waals surface area contributed by atoms with Crippen molar-refractivity contribution in [2.24, 2.45) is 17.8 Å². The van der Waals surface area contributed by atoms with E-state index in [1.807, 2.05) is 0 Å². The van der Waals surface area contributed by atoms with Gasteiger partial charge in [0.25, 0.3) is 0 Å². The van der Waals surface area contributed by atoms with Gasteiger partial charge in [0.2, 0.25) is 0 Å². The SMILES string of the molecule is COc1c(C)c(C)c(C)c(C)c1C(O)CCC/C=C(\C)CCCC(C)CCCC(C)CCCC(C)C. The first-order valence-corrected chi connectivity index (χ1v) is 15.0. The van der Waals surface area contributed by atoms with E-state index in [0.717, 1.165) is 53.9 Å². The minimum Gasteiger partial charge on any atom is -0.496 e. The molecule has 1 N–H and O–H groups in total. The molecule has 3 unspecified atom stereocenters. The number of allylic oxidation sites excluding steroid dienone is 2. The maximum absolute atomic E-state index is 11.0. The van der Waals surface area contributed by atoms with Crippen LogP contribution >= 0.6 is 0 Å². The third kappa shape index (κ3) is 11.4. The summed E-state index contributed by atoms with van der Waals surface area (Å²) in [7, 11) is 1.72. The highest BCUT2D eigenvalue weighted by molar-refractivity contribution is 5.55. The summed E-state index contributed by atoms with van der Waals surface area (Å²) in [6, 6.07) is 0. The number of unbranched alkanes of at least 4 members (excludes halogenated alkanes) is 1. The van der Waals surface area contributed by atoms with Crippen LogP contribution in [0.2, 0.25) is 0 Å². The summed E-state index contributed by atoms with van der Waals surface area (Å²) in [6.45, 7) is 20.3. The Labute approximate surface area is 225 Å². The Bertz CT molecular complexity index is 789. The van der Waals surface area contributed by atoms with E-state index in [1.165, 1.54) is 80.1 Å². The zero-order chi connectivity index (χ0) is 27.3. The monoisotopic (exact) mass is 500 g/mol. The third-order valence-electron chi connectivity index (χ3n) is 8.53. The van der Waals surface area contributed by atoms with Crippen LogP contribution in [0.5, 0.6) is 5.75 Å². The topological polar surface area (TPSA) is 29.5 Å². The summed E-state index contributed by atoms with van der Waals surface area (Å²) < 4.78 is 5.71. The lowest BCUT2D eigenvalue weighted by molar-refractivity contribution is 0.160. The highest BCUT2D eigenvalue weighted by Crippen LogP contribution is 2.38. The first-order valence-electron chi connectivity index (χ1n) is 15.0. The second-order valence-electron chi connectivity index (χ2n) is 12.3. The molecule has 2 nitrogen and oxygen atoms in total. The Morgan fingerprint density at radius 3 is 1.81 bits per heavy atom. The quantitative estimate of drug-likeness (QED) is 0.160. The van der Waals surface area contributed by atoms with Gasteiger partial charge in [-0.15, -0.1) is 0 Å². The zero-order valence-electron chi connectivity index (χ0n) is 25.7. The predicted molar refractivity (Wildman–Crippen MR) is 159 cm³/mol. The van der Waals surface area contributed by atoms with Crippen molar-refractivity contribution >= 4 is 0 Å². The van der Waals surface area contributed by atoms with E-state index in [0.29, 0.717) is 0 Å². The number of ether oxygens (including phenoxy) is 1. The van der Waals surface area contributed by atoms with E-state index in [1.54, 1.807) is 7.11 Å². The molecule has 0 bridgehead atoms. The van der Waals surface area contributed by atoms with Crippen LogP contribution in [0.4, 0.5) is 0 Å². The number of benzene rings is 1. The molecule has 0 saturated heterocycles. The Hall–Kier alpha value is -1.28. The fraction of sp³-hybridized carbons (Fsp3) is 0.765. The van der Waals surface area contributed by atoms with Gasteiger partial charge >= 0.3 is 0 Å². The van der Waals surface area contributed by atoms with E-state index in [2.05, 4.69) is 68.4 Å². The average molecular weight is 501 g/mol. The molecule has 0 fully saturated rings. The molecule has 2 heteroatoms. The fourth-order valence-corrected chi connectivity index (χ4v) is 5.58. The fourth-order valence-electron chi connectivity index (χ4n) is 5.58. The Balaban J connectivity index is 2.32. The third-order valence-corrected chi connectivity index (χ3v) is 8.53. The smallest absolute Gasteiger partial charge is 0.128 e. The minimum atomic E-state index is -0.467. The number of aliphatic hydroxyl groups excluding tert-OH is 1. The lowest BCUT2D eigenvalue weighted by Gasteiger charge is -2.23. The van der Waals surface area contributed by atoms with Crippen molar-refractivity contribution in [1.82, 2.24) is 0 Å². The van der Waals surface area contributed by atoms with Crippen LogP contribution in [0.25, 0.3) is 0 Å². The van der Waals surface area contributed by atoms with E-state index < -0.39 is 6.10 Å². The number of methoxy groups -OCH3 is 1. The molecule has 0 aliphatic rings. The molecule has 1 rings (SSSR count). The van der Waals surface area contributed by atoms with Crippen molar-refractivity contribution in [3.8, 4) is 5.75 Å². The largest absolute Gasteiger partial charge is 0.496 e. The van der Waals surface area contributed by atoms with Crippen molar-refractivity contribution < 1.29 is 9.84 Å². The molecule has 1 aromatic rings. The van der Waals surface area contributed by atoms with Crippen LogP contribution in [-0.2, 0) is 0 Å². The number of aliphatic hydroxyl groups is 1. The molecule has 36 heavy (non-hydrogen) atoms. The zero-order valence-corrected chi connectivity index (χ0v) is 25.7. The van der Waals surface area contributed by atoms with Crippen LogP contribution in [0.3, 0.4) is 0 Å². The molecular weight excluding hydrogens is 440 g/mol. The summed E-state index contributed by atoms with van der Waals surface area (Å²) >= 11 is 0. The summed E-state index contributed by atoms with van der Waals surface area (Å²) in [6.07, 6.45) is 17.0. The molecule has 0 amide bonds. The van der Waals surface area contributed by atoms with Gasteiger partial charge in [-0.05, 0) is 107 Å². The van der Waals surface area contributed by atoms with Gasteiger partial charge in [-0.25, -0.2) is 0 Å². The van der Waals surface area contributed by atoms with Crippen molar-refractivity contribution in [2.75, 3.05) is 7.11 Å². The van der Waals surface area contributed by atoms with Crippen LogP contribution in [0.15, 0.2) is 11.6 Å². The second kappa shape index (κ2) is 17.3. The number of hydrogen-bond donors (Lipinski definition) is 1. The van der Waals surface area contributed by atoms with E-state index >= 15 is 0 Å². The molecule has 1 aromatic carbocycles. The maximum Gasteiger partial charge on any atom is 0.128 e. The van der Waals surface area contributed by atoms with Gasteiger partial charge in [-0.2, -0.15) is 0 Å². The molecule has 0 radical (unpaired) electrons. The predicted octanol–water partition coefficient (Wildman–Crippen LogP) is 10.5. The van der Waals surface area contributed by atoms with Gasteiger partial charge in [0.15, 0.2) is 0 Å². The number of hydrogen-bond acceptors (Lipinski definition) is 2. The maximum atomic E-state index is 11.0. The van der Waals surface area contributed by atoms with Crippen molar-refractivity contribution in [3.63, 3.8) is 0 Å². The Kier molecular flexibility index (Phi) is 15.7. The summed E-state index contributed by atoms with van der Waals surface area (Å²) in [5.74, 6) is 3.45. The lowest BCUT2D eigenvalue weighted by Crippen LogP contribution is -2.08. The first-order chi connectivity index (χ1) is 17.0. The standard InChI is InChI=1S/C34H60O2/c1-24(2)16-13-18-26(4)20-15-22-27(5)21-14-19-25(3)17-11-12-23-32(35)33-30(8)28(6)29(7)31(9)34(33)36-10/h17,24,26-27,32,35H,11-16,18-23H2,1-10H3/b25-17+. The van der Waals surface area contributed by atoms with Gasteiger partial charge in [0.1, 0.15) is 5.75 Å². The van der Waals surface area contributed by atoms with Crippen LogP contribution in [-0.4, -0.2) is 12.2 Å². The highest BCUT2D eigenvalue weighted by Gasteiger charge is 2.21. The van der Waals surface area contributed by atoms with Crippen LogP contribution < -0.4 is 4.74 Å². The van der Waals surface area contributed by atoms with Crippen molar-refractivity contribution in [2.45, 2.75) is 145 Å². The molecule has 0 aromatic heterocycles. The normalized spacial score (nSPS) is 14.8. The molecule has 0 spiro atoms. The second-order valence-corrected chi connectivity index (χ2v) is 12.3. The Morgan fingerprint density at radius 2 is 1.25 bits per heavy atom. The summed E-state index contributed by atoms with van der Waals surface area (Å²) in [5.41, 5.74) is 7.34. The molecule has 3 atom stereocenters. The van der Waals surface area contributed by atoms with E-state index in [9.17, 15) is 5.11 Å². The molecule has 0 saturated carbocycles. The van der Waals surface area contributed by atoms with Crippen LogP contribution in [0, 0.1) is 45.4 Å². The van der Waals surface area contributed by atoms with Crippen LogP contribution in [0.1, 0.15) is 146 Å². The van der Waals surface area contributed by atoms with Gasteiger partial charge < -0.3 is 9.84 Å². The first kappa shape index (κ1) is 32.7. The van der Waals surface area contributed by atoms with Gasteiger partial charge in [0.05, 0.1) is 13.2 Å². The highest BCUT2D eigenvalue weighted by atomic mass is 16.5. The molecule has 0 heterocycles. The summed E-state index contributed by atoms with van der Waals surface area (Å²) in [5, 5.41) is 11.0. The van der Waals surface area contributed by atoms with Gasteiger partial charge in [-0.3, -0.25) is 0 Å².